The van der Waals surface area contributed by atoms with Crippen LogP contribution in [0.1, 0.15) is 29.7 Å². The summed E-state index contributed by atoms with van der Waals surface area (Å²) in [5, 5.41) is 10.8. The molecule has 0 saturated carbocycles. The quantitative estimate of drug-likeness (QED) is 0.812. The van der Waals surface area contributed by atoms with Gasteiger partial charge >= 0.3 is 0 Å². The number of halogens is 2. The van der Waals surface area contributed by atoms with Crippen LogP contribution in [0.15, 0.2) is 42.5 Å². The SMILES string of the molecule is CC(O)C(N)c1cccc(/C=C/c2c(Cl)cccc2Cl)c1. The molecule has 0 aliphatic heterocycles. The summed E-state index contributed by atoms with van der Waals surface area (Å²) < 4.78 is 0. The van der Waals surface area contributed by atoms with E-state index in [2.05, 4.69) is 0 Å². The average molecular weight is 322 g/mol. The molecule has 0 aliphatic carbocycles. The highest BCUT2D eigenvalue weighted by Crippen LogP contribution is 2.26. The molecule has 2 atom stereocenters. The predicted molar refractivity (Wildman–Crippen MR) is 90.4 cm³/mol. The summed E-state index contributed by atoms with van der Waals surface area (Å²) in [4.78, 5) is 0. The van der Waals surface area contributed by atoms with Crippen molar-refractivity contribution in [3.05, 3.63) is 69.2 Å². The van der Waals surface area contributed by atoms with Gasteiger partial charge in [-0.3, -0.25) is 0 Å². The zero-order valence-electron chi connectivity index (χ0n) is 11.6. The molecule has 21 heavy (non-hydrogen) atoms. The van der Waals surface area contributed by atoms with Crippen LogP contribution in [0.4, 0.5) is 0 Å². The van der Waals surface area contributed by atoms with Crippen LogP contribution in [-0.2, 0) is 0 Å². The zero-order chi connectivity index (χ0) is 15.4. The molecule has 0 amide bonds. The van der Waals surface area contributed by atoms with Crippen molar-refractivity contribution in [2.45, 2.75) is 19.1 Å². The lowest BCUT2D eigenvalue weighted by Gasteiger charge is -2.15. The second kappa shape index (κ2) is 7.10. The van der Waals surface area contributed by atoms with Crippen LogP contribution < -0.4 is 5.73 Å². The Balaban J connectivity index is 2.28. The summed E-state index contributed by atoms with van der Waals surface area (Å²) in [7, 11) is 0. The van der Waals surface area contributed by atoms with E-state index < -0.39 is 12.1 Å². The molecule has 2 unspecified atom stereocenters. The van der Waals surface area contributed by atoms with Gasteiger partial charge in [0.05, 0.1) is 12.1 Å². The standard InChI is InChI=1S/C17H17Cl2NO/c1-11(21)17(20)13-5-2-4-12(10-13)8-9-14-15(18)6-3-7-16(14)19/h2-11,17,21H,20H2,1H3/b9-8+. The van der Waals surface area contributed by atoms with Gasteiger partial charge in [0.2, 0.25) is 0 Å². The van der Waals surface area contributed by atoms with Gasteiger partial charge in [-0.05, 0) is 30.2 Å². The largest absolute Gasteiger partial charge is 0.391 e. The third-order valence-electron chi connectivity index (χ3n) is 3.26. The molecule has 0 saturated heterocycles. The van der Waals surface area contributed by atoms with Crippen LogP contribution >= 0.6 is 23.2 Å². The first-order valence-electron chi connectivity index (χ1n) is 6.64. The Hall–Kier alpha value is -1.32. The molecule has 2 aromatic carbocycles. The lowest BCUT2D eigenvalue weighted by atomic mass is 10.0. The maximum atomic E-state index is 9.57. The van der Waals surface area contributed by atoms with Crippen molar-refractivity contribution in [3.63, 3.8) is 0 Å². The minimum absolute atomic E-state index is 0.401. The molecular weight excluding hydrogens is 305 g/mol. The summed E-state index contributed by atoms with van der Waals surface area (Å²) in [5.74, 6) is 0. The van der Waals surface area contributed by atoms with E-state index in [1.165, 1.54) is 0 Å². The highest BCUT2D eigenvalue weighted by molar-refractivity contribution is 6.37. The molecular formula is C17H17Cl2NO. The summed E-state index contributed by atoms with van der Waals surface area (Å²) in [6, 6.07) is 12.7. The fourth-order valence-corrected chi connectivity index (χ4v) is 2.52. The summed E-state index contributed by atoms with van der Waals surface area (Å²) in [6.45, 7) is 1.68. The molecule has 110 valence electrons. The molecule has 0 aliphatic rings. The summed E-state index contributed by atoms with van der Waals surface area (Å²) in [6.07, 6.45) is 3.20. The third kappa shape index (κ3) is 4.08. The molecule has 0 heterocycles. The van der Waals surface area contributed by atoms with Crippen LogP contribution in [0.25, 0.3) is 12.2 Å². The molecule has 2 aromatic rings. The van der Waals surface area contributed by atoms with Gasteiger partial charge in [-0.1, -0.05) is 65.7 Å². The second-order valence-electron chi connectivity index (χ2n) is 4.91. The zero-order valence-corrected chi connectivity index (χ0v) is 13.1. The molecule has 0 bridgehead atoms. The van der Waals surface area contributed by atoms with E-state index in [9.17, 15) is 5.11 Å². The lowest BCUT2D eigenvalue weighted by Crippen LogP contribution is -2.23. The van der Waals surface area contributed by atoms with Gasteiger partial charge in [0, 0.05) is 15.6 Å². The van der Waals surface area contributed by atoms with E-state index in [0.717, 1.165) is 16.7 Å². The van der Waals surface area contributed by atoms with Crippen molar-refractivity contribution >= 4 is 35.4 Å². The van der Waals surface area contributed by atoms with Crippen molar-refractivity contribution < 1.29 is 5.11 Å². The number of hydrogen-bond acceptors (Lipinski definition) is 2. The minimum Gasteiger partial charge on any atom is -0.391 e. The fraction of sp³-hybridized carbons (Fsp3) is 0.176. The van der Waals surface area contributed by atoms with Crippen molar-refractivity contribution in [2.24, 2.45) is 5.73 Å². The molecule has 4 heteroatoms. The van der Waals surface area contributed by atoms with Crippen molar-refractivity contribution in [2.75, 3.05) is 0 Å². The van der Waals surface area contributed by atoms with Crippen LogP contribution in [0.5, 0.6) is 0 Å². The second-order valence-corrected chi connectivity index (χ2v) is 5.72. The van der Waals surface area contributed by atoms with Crippen molar-refractivity contribution in [3.8, 4) is 0 Å². The monoisotopic (exact) mass is 321 g/mol. The first kappa shape index (κ1) is 16.1. The Morgan fingerprint density at radius 2 is 1.67 bits per heavy atom. The van der Waals surface area contributed by atoms with Gasteiger partial charge in [-0.15, -0.1) is 0 Å². The fourth-order valence-electron chi connectivity index (χ4n) is 2.00. The van der Waals surface area contributed by atoms with E-state index in [4.69, 9.17) is 28.9 Å². The van der Waals surface area contributed by atoms with Crippen LogP contribution in [-0.4, -0.2) is 11.2 Å². The molecule has 0 fully saturated rings. The summed E-state index contributed by atoms with van der Waals surface area (Å²) >= 11 is 12.3. The van der Waals surface area contributed by atoms with Crippen LogP contribution in [0.3, 0.4) is 0 Å². The normalized spacial score (nSPS) is 14.3. The smallest absolute Gasteiger partial charge is 0.0704 e. The molecule has 0 spiro atoms. The third-order valence-corrected chi connectivity index (χ3v) is 3.92. The van der Waals surface area contributed by atoms with Gasteiger partial charge < -0.3 is 10.8 Å². The number of aliphatic hydroxyl groups is 1. The van der Waals surface area contributed by atoms with E-state index in [0.29, 0.717) is 10.0 Å². The number of rotatable bonds is 4. The van der Waals surface area contributed by atoms with Gasteiger partial charge in [0.15, 0.2) is 0 Å². The number of benzene rings is 2. The summed E-state index contributed by atoms with van der Waals surface area (Å²) in [5.41, 5.74) is 8.59. The average Bonchev–Trinajstić information content (AvgIpc) is 2.46. The molecule has 3 N–H and O–H groups in total. The van der Waals surface area contributed by atoms with Gasteiger partial charge in [-0.25, -0.2) is 0 Å². The number of nitrogens with two attached hydrogens (primary N) is 1. The van der Waals surface area contributed by atoms with Gasteiger partial charge in [0.1, 0.15) is 0 Å². The minimum atomic E-state index is -0.595. The topological polar surface area (TPSA) is 46.2 Å². The molecule has 0 radical (unpaired) electrons. The van der Waals surface area contributed by atoms with E-state index in [1.54, 1.807) is 19.1 Å². The molecule has 2 nitrogen and oxygen atoms in total. The van der Waals surface area contributed by atoms with Crippen LogP contribution in [0, 0.1) is 0 Å². The number of hydrogen-bond donors (Lipinski definition) is 2. The Morgan fingerprint density at radius 1 is 1.05 bits per heavy atom. The number of aliphatic hydroxyl groups excluding tert-OH is 1. The van der Waals surface area contributed by atoms with E-state index >= 15 is 0 Å². The highest BCUT2D eigenvalue weighted by atomic mass is 35.5. The lowest BCUT2D eigenvalue weighted by molar-refractivity contribution is 0.164. The van der Waals surface area contributed by atoms with Crippen molar-refractivity contribution in [1.82, 2.24) is 0 Å². The van der Waals surface area contributed by atoms with E-state index in [-0.39, 0.29) is 0 Å². The van der Waals surface area contributed by atoms with Gasteiger partial charge in [0.25, 0.3) is 0 Å². The van der Waals surface area contributed by atoms with Gasteiger partial charge in [-0.2, -0.15) is 0 Å². The first-order valence-corrected chi connectivity index (χ1v) is 7.40. The predicted octanol–water partition coefficient (Wildman–Crippen LogP) is 4.54. The molecule has 0 aromatic heterocycles. The van der Waals surface area contributed by atoms with Crippen LogP contribution in [0.2, 0.25) is 10.0 Å². The molecule has 2 rings (SSSR count). The Bertz CT molecular complexity index is 633. The first-order chi connectivity index (χ1) is 9.99. The maximum Gasteiger partial charge on any atom is 0.0704 e. The Labute approximate surface area is 134 Å². The van der Waals surface area contributed by atoms with Crippen molar-refractivity contribution in [1.29, 1.82) is 0 Å². The van der Waals surface area contributed by atoms with E-state index in [1.807, 2.05) is 42.5 Å². The Kier molecular flexibility index (Phi) is 5.43. The highest BCUT2D eigenvalue weighted by Gasteiger charge is 2.11. The maximum absolute atomic E-state index is 9.57. The Morgan fingerprint density at radius 3 is 2.29 bits per heavy atom.